The normalized spacial score (nSPS) is 18.4. The summed E-state index contributed by atoms with van der Waals surface area (Å²) in [6, 6.07) is 5.60. The van der Waals surface area contributed by atoms with E-state index in [4.69, 9.17) is 24.1 Å². The molecule has 0 atom stereocenters. The molecular weight excluding hydrogens is 330 g/mol. The summed E-state index contributed by atoms with van der Waals surface area (Å²) in [5.41, 5.74) is 0.936. The highest BCUT2D eigenvalue weighted by molar-refractivity contribution is 5.78. The largest absolute Gasteiger partial charge is 0.497 e. The number of hydrogen-bond acceptors (Lipinski definition) is 6. The van der Waals surface area contributed by atoms with Gasteiger partial charge in [-0.15, -0.1) is 0 Å². The number of methoxy groups -OCH3 is 1. The van der Waals surface area contributed by atoms with Crippen molar-refractivity contribution < 1.29 is 33.6 Å². The molecule has 8 nitrogen and oxygen atoms in total. The van der Waals surface area contributed by atoms with Gasteiger partial charge in [-0.05, 0) is 18.2 Å². The van der Waals surface area contributed by atoms with E-state index in [1.165, 1.54) is 0 Å². The van der Waals surface area contributed by atoms with Crippen LogP contribution in [0.4, 0.5) is 0 Å². The van der Waals surface area contributed by atoms with Crippen LogP contribution in [0.3, 0.4) is 0 Å². The van der Waals surface area contributed by atoms with Crippen LogP contribution in [-0.2, 0) is 25.7 Å². The Morgan fingerprint density at radius 3 is 2.72 bits per heavy atom. The van der Waals surface area contributed by atoms with Crippen LogP contribution < -0.4 is 9.47 Å². The Kier molecular flexibility index (Phi) is 5.10. The first-order valence-corrected chi connectivity index (χ1v) is 8.08. The molecule has 3 rings (SSSR count). The Morgan fingerprint density at radius 1 is 1.28 bits per heavy atom. The topological polar surface area (TPSA) is 94.5 Å². The van der Waals surface area contributed by atoms with Crippen molar-refractivity contribution in [1.82, 2.24) is 4.90 Å². The molecule has 1 amide bonds. The second kappa shape index (κ2) is 7.28. The average molecular weight is 351 g/mol. The van der Waals surface area contributed by atoms with Crippen molar-refractivity contribution in [2.75, 3.05) is 33.4 Å². The third-order valence-electron chi connectivity index (χ3n) is 4.38. The number of hydrogen-bond donors (Lipinski definition) is 1. The van der Waals surface area contributed by atoms with Crippen LogP contribution >= 0.6 is 0 Å². The molecule has 1 spiro atoms. The van der Waals surface area contributed by atoms with E-state index in [0.29, 0.717) is 32.5 Å². The van der Waals surface area contributed by atoms with Crippen molar-refractivity contribution in [2.24, 2.45) is 0 Å². The van der Waals surface area contributed by atoms with Gasteiger partial charge in [0.25, 0.3) is 0 Å². The van der Waals surface area contributed by atoms with E-state index in [9.17, 15) is 9.59 Å². The molecule has 136 valence electrons. The molecule has 1 aromatic carbocycles. The lowest BCUT2D eigenvalue weighted by Crippen LogP contribution is -2.53. The van der Waals surface area contributed by atoms with Crippen molar-refractivity contribution in [3.05, 3.63) is 23.8 Å². The summed E-state index contributed by atoms with van der Waals surface area (Å²) < 4.78 is 22.1. The number of ether oxygens (including phenoxy) is 4. The van der Waals surface area contributed by atoms with Gasteiger partial charge in [0, 0.05) is 31.5 Å². The molecule has 0 radical (unpaired) electrons. The number of rotatable bonds is 5. The lowest BCUT2D eigenvalue weighted by Gasteiger charge is -2.44. The summed E-state index contributed by atoms with van der Waals surface area (Å²) in [4.78, 5) is 24.1. The Morgan fingerprint density at radius 2 is 2.04 bits per heavy atom. The van der Waals surface area contributed by atoms with E-state index in [-0.39, 0.29) is 12.5 Å². The minimum absolute atomic E-state index is 0.225. The quantitative estimate of drug-likeness (QED) is 0.846. The zero-order valence-electron chi connectivity index (χ0n) is 14.0. The molecule has 2 aliphatic heterocycles. The monoisotopic (exact) mass is 351 g/mol. The van der Waals surface area contributed by atoms with Crippen molar-refractivity contribution in [1.29, 1.82) is 0 Å². The molecule has 1 aromatic rings. The minimum Gasteiger partial charge on any atom is -0.497 e. The van der Waals surface area contributed by atoms with Crippen LogP contribution in [0.5, 0.6) is 11.5 Å². The number of fused-ring (bicyclic) bond motifs is 1. The van der Waals surface area contributed by atoms with E-state index in [2.05, 4.69) is 0 Å². The van der Waals surface area contributed by atoms with Crippen LogP contribution in [0, 0.1) is 0 Å². The van der Waals surface area contributed by atoms with Crippen LogP contribution in [-0.4, -0.2) is 61.1 Å². The number of carbonyl (C=O) groups is 2. The third kappa shape index (κ3) is 4.02. The van der Waals surface area contributed by atoms with Gasteiger partial charge in [-0.1, -0.05) is 0 Å². The molecule has 1 saturated heterocycles. The standard InChI is InChI=1S/C17H21NO7/c1-22-13-2-3-14-12(8-13)9-24-17(25-14)4-6-18(7-5-17)15(19)10-23-11-16(20)21/h2-3,8H,4-7,9-11H2,1H3,(H,20,21). The highest BCUT2D eigenvalue weighted by Gasteiger charge is 2.41. The average Bonchev–Trinajstić information content (AvgIpc) is 2.61. The fourth-order valence-corrected chi connectivity index (χ4v) is 2.99. The van der Waals surface area contributed by atoms with Gasteiger partial charge in [0.15, 0.2) is 0 Å². The van der Waals surface area contributed by atoms with Gasteiger partial charge < -0.3 is 29.0 Å². The summed E-state index contributed by atoms with van der Waals surface area (Å²) in [5.74, 6) is -0.512. The second-order valence-electron chi connectivity index (χ2n) is 6.04. The Balaban J connectivity index is 1.55. The first kappa shape index (κ1) is 17.5. The van der Waals surface area contributed by atoms with Gasteiger partial charge in [0.2, 0.25) is 11.7 Å². The van der Waals surface area contributed by atoms with Crippen LogP contribution in [0.25, 0.3) is 0 Å². The maximum absolute atomic E-state index is 12.0. The Hall–Kier alpha value is -2.32. The van der Waals surface area contributed by atoms with Crippen molar-refractivity contribution in [2.45, 2.75) is 25.2 Å². The number of piperidine rings is 1. The molecule has 8 heteroatoms. The smallest absolute Gasteiger partial charge is 0.329 e. The molecule has 2 aliphatic rings. The number of carbonyl (C=O) groups excluding carboxylic acids is 1. The van der Waals surface area contributed by atoms with E-state index in [1.54, 1.807) is 12.0 Å². The molecule has 0 aliphatic carbocycles. The molecule has 1 fully saturated rings. The highest BCUT2D eigenvalue weighted by atomic mass is 16.7. The third-order valence-corrected chi connectivity index (χ3v) is 4.38. The SMILES string of the molecule is COc1ccc2c(c1)COC1(CCN(C(=O)COCC(=O)O)CC1)O2. The predicted octanol–water partition coefficient (Wildman–Crippen LogP) is 1.02. The number of likely N-dealkylation sites (tertiary alicyclic amines) is 1. The minimum atomic E-state index is -1.09. The lowest BCUT2D eigenvalue weighted by molar-refractivity contribution is -0.228. The maximum Gasteiger partial charge on any atom is 0.329 e. The molecule has 2 heterocycles. The summed E-state index contributed by atoms with van der Waals surface area (Å²) in [6.07, 6.45) is 1.09. The summed E-state index contributed by atoms with van der Waals surface area (Å²) in [7, 11) is 1.61. The van der Waals surface area contributed by atoms with E-state index in [0.717, 1.165) is 17.1 Å². The van der Waals surface area contributed by atoms with Gasteiger partial charge in [-0.2, -0.15) is 0 Å². The van der Waals surface area contributed by atoms with Crippen LogP contribution in [0.1, 0.15) is 18.4 Å². The zero-order chi connectivity index (χ0) is 17.9. The van der Waals surface area contributed by atoms with E-state index in [1.807, 2.05) is 18.2 Å². The zero-order valence-corrected chi connectivity index (χ0v) is 14.0. The number of aliphatic carboxylic acids is 1. The first-order chi connectivity index (χ1) is 12.0. The molecule has 0 aromatic heterocycles. The summed E-state index contributed by atoms with van der Waals surface area (Å²) in [5, 5.41) is 8.52. The van der Waals surface area contributed by atoms with E-state index < -0.39 is 18.4 Å². The Bertz CT molecular complexity index is 652. The van der Waals surface area contributed by atoms with Gasteiger partial charge in [0.05, 0.1) is 13.7 Å². The lowest BCUT2D eigenvalue weighted by atomic mass is 10.0. The second-order valence-corrected chi connectivity index (χ2v) is 6.04. The molecule has 0 unspecified atom stereocenters. The number of carboxylic acid groups (broad SMARTS) is 1. The van der Waals surface area contributed by atoms with Crippen molar-refractivity contribution in [3.8, 4) is 11.5 Å². The number of carboxylic acids is 1. The molecule has 0 bridgehead atoms. The van der Waals surface area contributed by atoms with Gasteiger partial charge in [0.1, 0.15) is 24.7 Å². The number of nitrogens with zero attached hydrogens (tertiary/aromatic N) is 1. The number of benzene rings is 1. The Labute approximate surface area is 145 Å². The fourth-order valence-electron chi connectivity index (χ4n) is 2.99. The molecule has 1 N–H and O–H groups in total. The fraction of sp³-hybridized carbons (Fsp3) is 0.529. The highest BCUT2D eigenvalue weighted by Crippen LogP contribution is 2.38. The summed E-state index contributed by atoms with van der Waals surface area (Å²) in [6.45, 7) is 0.670. The van der Waals surface area contributed by atoms with Crippen LogP contribution in [0.15, 0.2) is 18.2 Å². The number of amides is 1. The molecular formula is C17H21NO7. The summed E-state index contributed by atoms with van der Waals surface area (Å²) >= 11 is 0. The predicted molar refractivity (Wildman–Crippen MR) is 85.4 cm³/mol. The molecule has 25 heavy (non-hydrogen) atoms. The van der Waals surface area contributed by atoms with Crippen LogP contribution in [0.2, 0.25) is 0 Å². The first-order valence-electron chi connectivity index (χ1n) is 8.08. The van der Waals surface area contributed by atoms with Crippen molar-refractivity contribution in [3.63, 3.8) is 0 Å². The van der Waals surface area contributed by atoms with Gasteiger partial charge in [-0.3, -0.25) is 4.79 Å². The molecule has 0 saturated carbocycles. The van der Waals surface area contributed by atoms with E-state index >= 15 is 0 Å². The van der Waals surface area contributed by atoms with Crippen molar-refractivity contribution >= 4 is 11.9 Å². The van der Waals surface area contributed by atoms with Gasteiger partial charge in [-0.25, -0.2) is 4.79 Å². The maximum atomic E-state index is 12.0. The van der Waals surface area contributed by atoms with Gasteiger partial charge >= 0.3 is 5.97 Å².